The molecule has 2 aromatic heterocycles. The maximum atomic E-state index is 12.9. The van der Waals surface area contributed by atoms with Gasteiger partial charge in [-0.15, -0.1) is 10.2 Å². The van der Waals surface area contributed by atoms with E-state index >= 15 is 0 Å². The van der Waals surface area contributed by atoms with Crippen LogP contribution < -0.4 is 10.6 Å². The van der Waals surface area contributed by atoms with E-state index in [0.29, 0.717) is 5.82 Å². The third-order valence-corrected chi connectivity index (χ3v) is 4.41. The molecular weight excluding hydrogens is 351 g/mol. The van der Waals surface area contributed by atoms with Crippen LogP contribution in [-0.4, -0.2) is 30.6 Å². The number of hydrogen-bond acceptors (Lipinski definition) is 4. The van der Waals surface area contributed by atoms with Crippen LogP contribution in [0.1, 0.15) is 48.7 Å². The molecule has 0 bridgehead atoms. The molecule has 26 heavy (non-hydrogen) atoms. The van der Waals surface area contributed by atoms with Crippen molar-refractivity contribution in [2.24, 2.45) is 7.05 Å². The van der Waals surface area contributed by atoms with Crippen LogP contribution in [0.3, 0.4) is 0 Å². The van der Waals surface area contributed by atoms with E-state index in [0.717, 1.165) is 42.5 Å². The molecule has 0 saturated carbocycles. The van der Waals surface area contributed by atoms with Crippen molar-refractivity contribution in [1.82, 2.24) is 35.2 Å². The Bertz CT molecular complexity index is 796. The number of nitrogens with zero attached hydrogens (tertiary/aromatic N) is 5. The molecule has 1 atom stereocenters. The minimum Gasteiger partial charge on any atom is -0.332 e. The predicted molar refractivity (Wildman–Crippen MR) is 85.0 cm³/mol. The van der Waals surface area contributed by atoms with Crippen molar-refractivity contribution in [2.75, 3.05) is 0 Å². The molecule has 1 aliphatic heterocycles. The number of carbonyl (C=O) groups excluding carboxylic acids is 1. The summed E-state index contributed by atoms with van der Waals surface area (Å²) in [6, 6.07) is -0.997. The van der Waals surface area contributed by atoms with Crippen LogP contribution >= 0.6 is 0 Å². The lowest BCUT2D eigenvalue weighted by molar-refractivity contribution is -0.138. The molecule has 3 heterocycles. The Morgan fingerprint density at radius 1 is 1.35 bits per heavy atom. The molecule has 0 spiro atoms. The van der Waals surface area contributed by atoms with Crippen LogP contribution in [0, 0.1) is 0 Å². The summed E-state index contributed by atoms with van der Waals surface area (Å²) >= 11 is 0. The van der Waals surface area contributed by atoms with Gasteiger partial charge < -0.3 is 15.2 Å². The summed E-state index contributed by atoms with van der Waals surface area (Å²) in [5, 5.41) is 17.0. The fraction of sp³-hybridized carbons (Fsp3) is 0.600. The number of nitrogens with one attached hydrogen (secondary N) is 2. The van der Waals surface area contributed by atoms with Gasteiger partial charge in [0.05, 0.1) is 30.0 Å². The topological polar surface area (TPSA) is 89.7 Å². The van der Waals surface area contributed by atoms with Crippen molar-refractivity contribution in [3.63, 3.8) is 0 Å². The average molecular weight is 371 g/mol. The number of rotatable bonds is 4. The van der Waals surface area contributed by atoms with Crippen molar-refractivity contribution in [1.29, 1.82) is 0 Å². The average Bonchev–Trinajstić information content (AvgIpc) is 3.16. The quantitative estimate of drug-likeness (QED) is 0.859. The third-order valence-electron chi connectivity index (χ3n) is 4.41. The van der Waals surface area contributed by atoms with Crippen molar-refractivity contribution in [3.05, 3.63) is 29.1 Å². The molecule has 1 unspecified atom stereocenters. The number of fused-ring (bicyclic) bond motifs is 1. The van der Waals surface area contributed by atoms with Crippen molar-refractivity contribution in [2.45, 2.75) is 51.5 Å². The Morgan fingerprint density at radius 3 is 2.85 bits per heavy atom. The summed E-state index contributed by atoms with van der Waals surface area (Å²) in [5.74, 6) is 1.54. The van der Waals surface area contributed by atoms with Crippen LogP contribution in [0.25, 0.3) is 0 Å². The second kappa shape index (κ2) is 6.96. The molecule has 2 aromatic rings. The second-order valence-electron chi connectivity index (χ2n) is 6.26. The van der Waals surface area contributed by atoms with Crippen molar-refractivity contribution in [3.8, 4) is 0 Å². The molecule has 0 radical (unpaired) electrons. The van der Waals surface area contributed by atoms with Gasteiger partial charge in [0.2, 0.25) is 0 Å². The van der Waals surface area contributed by atoms with Crippen molar-refractivity contribution >= 4 is 6.03 Å². The largest absolute Gasteiger partial charge is 0.419 e. The highest BCUT2D eigenvalue weighted by atomic mass is 19.4. The number of carbonyl (C=O) groups is 1. The first-order chi connectivity index (χ1) is 12.3. The monoisotopic (exact) mass is 371 g/mol. The number of urea groups is 1. The van der Waals surface area contributed by atoms with Gasteiger partial charge in [0.15, 0.2) is 5.82 Å². The number of aromatic nitrogens is 5. The van der Waals surface area contributed by atoms with Crippen LogP contribution in [-0.2, 0) is 32.7 Å². The van der Waals surface area contributed by atoms with Gasteiger partial charge in [-0.1, -0.05) is 0 Å². The van der Waals surface area contributed by atoms with Crippen LogP contribution in [0.5, 0.6) is 0 Å². The van der Waals surface area contributed by atoms with Gasteiger partial charge in [-0.05, 0) is 19.8 Å². The molecule has 8 nitrogen and oxygen atoms in total. The van der Waals surface area contributed by atoms with Crippen molar-refractivity contribution < 1.29 is 18.0 Å². The minimum atomic E-state index is -4.52. The van der Waals surface area contributed by atoms with Gasteiger partial charge in [0, 0.05) is 20.0 Å². The van der Waals surface area contributed by atoms with E-state index < -0.39 is 23.8 Å². The van der Waals surface area contributed by atoms with Gasteiger partial charge >= 0.3 is 12.2 Å². The summed E-state index contributed by atoms with van der Waals surface area (Å²) in [5.41, 5.74) is -0.972. The van der Waals surface area contributed by atoms with Crippen LogP contribution in [0.4, 0.5) is 18.0 Å². The predicted octanol–water partition coefficient (Wildman–Crippen LogP) is 1.93. The molecular formula is C15H20F3N7O. The maximum Gasteiger partial charge on any atom is 0.419 e. The lowest BCUT2D eigenvalue weighted by Gasteiger charge is -2.19. The minimum absolute atomic E-state index is 0.111. The number of amides is 2. The molecule has 11 heteroatoms. The fourth-order valence-electron chi connectivity index (χ4n) is 3.04. The fourth-order valence-corrected chi connectivity index (χ4v) is 3.04. The molecule has 0 aromatic carbocycles. The lowest BCUT2D eigenvalue weighted by Crippen LogP contribution is -2.38. The summed E-state index contributed by atoms with van der Waals surface area (Å²) in [6.45, 7) is 2.27. The zero-order valence-corrected chi connectivity index (χ0v) is 14.5. The Balaban J connectivity index is 1.62. The van der Waals surface area contributed by atoms with Crippen LogP contribution in [0.2, 0.25) is 0 Å². The third kappa shape index (κ3) is 3.65. The first-order valence-corrected chi connectivity index (χ1v) is 8.31. The highest BCUT2D eigenvalue weighted by Gasteiger charge is 2.35. The molecule has 0 fully saturated rings. The normalized spacial score (nSPS) is 15.4. The van der Waals surface area contributed by atoms with E-state index in [1.54, 1.807) is 6.92 Å². The molecule has 2 amide bonds. The lowest BCUT2D eigenvalue weighted by atomic mass is 10.1. The molecule has 0 saturated heterocycles. The van der Waals surface area contributed by atoms with E-state index in [-0.39, 0.29) is 12.2 Å². The summed E-state index contributed by atoms with van der Waals surface area (Å²) < 4.78 is 41.9. The van der Waals surface area contributed by atoms with Gasteiger partial charge in [-0.3, -0.25) is 4.68 Å². The van der Waals surface area contributed by atoms with E-state index in [1.165, 1.54) is 7.05 Å². The molecule has 142 valence electrons. The zero-order valence-electron chi connectivity index (χ0n) is 14.5. The highest BCUT2D eigenvalue weighted by molar-refractivity contribution is 5.74. The second-order valence-corrected chi connectivity index (χ2v) is 6.26. The standard InChI is InChI=1S/C15H20F3N7O/c1-9(13-23-22-12-5-3-4-6-25(12)13)21-14(26)19-8-11-10(15(16,17)18)7-20-24(11)2/h7,9H,3-6,8H2,1-2H3,(H2,19,21,26). The van der Waals surface area contributed by atoms with E-state index in [1.807, 2.05) is 4.57 Å². The smallest absolute Gasteiger partial charge is 0.332 e. The van der Waals surface area contributed by atoms with Gasteiger partial charge in [0.25, 0.3) is 0 Å². The number of halogens is 3. The zero-order chi connectivity index (χ0) is 18.9. The Morgan fingerprint density at radius 2 is 2.12 bits per heavy atom. The van der Waals surface area contributed by atoms with E-state index in [9.17, 15) is 18.0 Å². The number of alkyl halides is 3. The SMILES string of the molecule is CC(NC(=O)NCc1c(C(F)(F)F)cnn1C)c1nnc2n1CCCC2. The first-order valence-electron chi connectivity index (χ1n) is 8.31. The van der Waals surface area contributed by atoms with E-state index in [2.05, 4.69) is 25.9 Å². The van der Waals surface area contributed by atoms with Gasteiger partial charge in [-0.25, -0.2) is 4.79 Å². The highest BCUT2D eigenvalue weighted by Crippen LogP contribution is 2.31. The Labute approximate surface area is 147 Å². The summed E-state index contributed by atoms with van der Waals surface area (Å²) in [4.78, 5) is 12.1. The Hall–Kier alpha value is -2.59. The van der Waals surface area contributed by atoms with E-state index in [4.69, 9.17) is 0 Å². The maximum absolute atomic E-state index is 12.9. The summed E-state index contributed by atoms with van der Waals surface area (Å²) in [6.07, 6.45) is -0.827. The summed E-state index contributed by atoms with van der Waals surface area (Å²) in [7, 11) is 1.40. The van der Waals surface area contributed by atoms with Gasteiger partial charge in [-0.2, -0.15) is 18.3 Å². The molecule has 2 N–H and O–H groups in total. The molecule has 0 aliphatic carbocycles. The first kappa shape index (κ1) is 18.2. The number of aryl methyl sites for hydroxylation is 2. The Kier molecular flexibility index (Phi) is 4.88. The number of hydrogen-bond donors (Lipinski definition) is 2. The van der Waals surface area contributed by atoms with Gasteiger partial charge in [0.1, 0.15) is 5.82 Å². The molecule has 3 rings (SSSR count). The molecule has 1 aliphatic rings. The van der Waals surface area contributed by atoms with Crippen LogP contribution in [0.15, 0.2) is 6.20 Å².